The van der Waals surface area contributed by atoms with Crippen LogP contribution in [-0.4, -0.2) is 21.6 Å². The average molecular weight is 307 g/mol. The molecule has 0 saturated heterocycles. The van der Waals surface area contributed by atoms with E-state index in [-0.39, 0.29) is 0 Å². The summed E-state index contributed by atoms with van der Waals surface area (Å²) in [5.74, 6) is 0.807. The van der Waals surface area contributed by atoms with E-state index in [4.69, 9.17) is 4.74 Å². The predicted molar refractivity (Wildman–Crippen MR) is 82.0 cm³/mol. The summed E-state index contributed by atoms with van der Waals surface area (Å²) in [4.78, 5) is 0.337. The molecule has 0 atom stereocenters. The fourth-order valence-corrected chi connectivity index (χ4v) is 3.97. The van der Waals surface area contributed by atoms with E-state index in [0.717, 1.165) is 37.0 Å². The first-order chi connectivity index (χ1) is 10.1. The molecule has 0 saturated carbocycles. The number of hydrogen-bond donors (Lipinski definition) is 1. The van der Waals surface area contributed by atoms with E-state index in [2.05, 4.69) is 10.8 Å². The SMILES string of the molecule is O=S(=O)(NCCC1=CCCCC1)c1ccc2c(c1)CCO2. The number of benzene rings is 1. The fraction of sp³-hybridized carbons (Fsp3) is 0.500. The molecule has 0 spiro atoms. The van der Waals surface area contributed by atoms with Crippen molar-refractivity contribution in [2.45, 2.75) is 43.4 Å². The van der Waals surface area contributed by atoms with Gasteiger partial charge in [0.15, 0.2) is 0 Å². The Morgan fingerprint density at radius 2 is 2.10 bits per heavy atom. The summed E-state index contributed by atoms with van der Waals surface area (Å²) >= 11 is 0. The fourth-order valence-electron chi connectivity index (χ4n) is 2.89. The Kier molecular flexibility index (Phi) is 4.31. The van der Waals surface area contributed by atoms with E-state index in [1.807, 2.05) is 0 Å². The van der Waals surface area contributed by atoms with Crippen molar-refractivity contribution in [2.24, 2.45) is 0 Å². The van der Waals surface area contributed by atoms with Gasteiger partial charge in [0, 0.05) is 13.0 Å². The second-order valence-electron chi connectivity index (χ2n) is 5.62. The van der Waals surface area contributed by atoms with Crippen LogP contribution in [0.3, 0.4) is 0 Å². The van der Waals surface area contributed by atoms with Gasteiger partial charge in [-0.25, -0.2) is 13.1 Å². The van der Waals surface area contributed by atoms with Crippen molar-refractivity contribution in [1.29, 1.82) is 0 Å². The van der Waals surface area contributed by atoms with Crippen LogP contribution in [0.25, 0.3) is 0 Å². The van der Waals surface area contributed by atoms with Crippen molar-refractivity contribution in [3.63, 3.8) is 0 Å². The standard InChI is InChI=1S/C16H21NO3S/c18-21(19,17-10-8-13-4-2-1-3-5-13)15-6-7-16-14(12-15)9-11-20-16/h4,6-7,12,17H,1-3,5,8-11H2. The lowest BCUT2D eigenvalue weighted by atomic mass is 9.97. The third-order valence-corrected chi connectivity index (χ3v) is 5.55. The minimum atomic E-state index is -3.42. The molecule has 0 bridgehead atoms. The summed E-state index contributed by atoms with van der Waals surface area (Å²) in [5.41, 5.74) is 2.36. The Morgan fingerprint density at radius 1 is 1.19 bits per heavy atom. The summed E-state index contributed by atoms with van der Waals surface area (Å²) in [6, 6.07) is 5.09. The van der Waals surface area contributed by atoms with Crippen LogP contribution in [0.15, 0.2) is 34.7 Å². The van der Waals surface area contributed by atoms with Gasteiger partial charge in [0.1, 0.15) is 5.75 Å². The monoisotopic (exact) mass is 307 g/mol. The topological polar surface area (TPSA) is 55.4 Å². The number of ether oxygens (including phenoxy) is 1. The van der Waals surface area contributed by atoms with Crippen LogP contribution in [0.1, 0.15) is 37.7 Å². The minimum absolute atomic E-state index is 0.337. The molecule has 0 amide bonds. The molecule has 2 aliphatic rings. The lowest BCUT2D eigenvalue weighted by Gasteiger charge is -2.13. The third kappa shape index (κ3) is 3.47. The molecule has 1 aliphatic heterocycles. The number of fused-ring (bicyclic) bond motifs is 1. The van der Waals surface area contributed by atoms with Crippen molar-refractivity contribution >= 4 is 10.0 Å². The second-order valence-corrected chi connectivity index (χ2v) is 7.39. The number of allylic oxidation sites excluding steroid dienone is 1. The van der Waals surface area contributed by atoms with Crippen LogP contribution in [0.5, 0.6) is 5.75 Å². The molecule has 5 heteroatoms. The summed E-state index contributed by atoms with van der Waals surface area (Å²) in [6.45, 7) is 1.11. The van der Waals surface area contributed by atoms with E-state index in [1.54, 1.807) is 18.2 Å². The summed E-state index contributed by atoms with van der Waals surface area (Å²) in [7, 11) is -3.42. The molecular formula is C16H21NO3S. The van der Waals surface area contributed by atoms with Crippen LogP contribution in [0.4, 0.5) is 0 Å². The van der Waals surface area contributed by atoms with E-state index >= 15 is 0 Å². The highest BCUT2D eigenvalue weighted by Gasteiger charge is 2.19. The van der Waals surface area contributed by atoms with Gasteiger partial charge in [0.2, 0.25) is 10.0 Å². The van der Waals surface area contributed by atoms with Gasteiger partial charge in [0.05, 0.1) is 11.5 Å². The maximum Gasteiger partial charge on any atom is 0.240 e. The molecule has 114 valence electrons. The number of hydrogen-bond acceptors (Lipinski definition) is 3. The zero-order valence-electron chi connectivity index (χ0n) is 12.1. The van der Waals surface area contributed by atoms with Gasteiger partial charge >= 0.3 is 0 Å². The molecule has 1 aromatic carbocycles. The molecule has 1 N–H and O–H groups in total. The number of rotatable bonds is 5. The Hall–Kier alpha value is -1.33. The van der Waals surface area contributed by atoms with Crippen LogP contribution < -0.4 is 9.46 Å². The van der Waals surface area contributed by atoms with Gasteiger partial charge in [-0.15, -0.1) is 0 Å². The molecule has 0 unspecified atom stereocenters. The van der Waals surface area contributed by atoms with Crippen LogP contribution in [0, 0.1) is 0 Å². The smallest absolute Gasteiger partial charge is 0.240 e. The third-order valence-electron chi connectivity index (χ3n) is 4.09. The maximum absolute atomic E-state index is 12.3. The van der Waals surface area contributed by atoms with Crippen LogP contribution in [0.2, 0.25) is 0 Å². The highest BCUT2D eigenvalue weighted by molar-refractivity contribution is 7.89. The number of sulfonamides is 1. The van der Waals surface area contributed by atoms with Gasteiger partial charge in [-0.2, -0.15) is 0 Å². The quantitative estimate of drug-likeness (QED) is 0.851. The molecule has 3 rings (SSSR count). The van der Waals surface area contributed by atoms with E-state index in [9.17, 15) is 8.42 Å². The van der Waals surface area contributed by atoms with Crippen molar-refractivity contribution in [1.82, 2.24) is 4.72 Å². The molecule has 1 aliphatic carbocycles. The van der Waals surface area contributed by atoms with Crippen molar-refractivity contribution < 1.29 is 13.2 Å². The maximum atomic E-state index is 12.3. The largest absolute Gasteiger partial charge is 0.493 e. The summed E-state index contributed by atoms with van der Waals surface area (Å²) in [5, 5.41) is 0. The number of nitrogens with one attached hydrogen (secondary N) is 1. The van der Waals surface area contributed by atoms with Crippen molar-refractivity contribution in [2.75, 3.05) is 13.2 Å². The molecule has 21 heavy (non-hydrogen) atoms. The Morgan fingerprint density at radius 3 is 2.90 bits per heavy atom. The molecule has 0 fully saturated rings. The molecule has 1 aromatic rings. The van der Waals surface area contributed by atoms with Gasteiger partial charge in [-0.3, -0.25) is 0 Å². The Bertz CT molecular complexity index is 649. The Labute approximate surface area is 126 Å². The zero-order valence-corrected chi connectivity index (χ0v) is 12.9. The van der Waals surface area contributed by atoms with Crippen LogP contribution in [-0.2, 0) is 16.4 Å². The van der Waals surface area contributed by atoms with E-state index in [0.29, 0.717) is 18.0 Å². The zero-order chi connectivity index (χ0) is 14.7. The van der Waals surface area contributed by atoms with Crippen molar-refractivity contribution in [3.05, 3.63) is 35.4 Å². The predicted octanol–water partition coefficient (Wildman–Crippen LogP) is 2.79. The Balaban J connectivity index is 1.62. The summed E-state index contributed by atoms with van der Waals surface area (Å²) < 4.78 is 32.7. The normalized spacial score (nSPS) is 18.0. The first-order valence-corrected chi connectivity index (χ1v) is 9.07. The first kappa shape index (κ1) is 14.6. The lowest BCUT2D eigenvalue weighted by Crippen LogP contribution is -2.25. The molecular weight excluding hydrogens is 286 g/mol. The molecule has 1 heterocycles. The lowest BCUT2D eigenvalue weighted by molar-refractivity contribution is 0.356. The second kappa shape index (κ2) is 6.20. The van der Waals surface area contributed by atoms with Crippen molar-refractivity contribution in [3.8, 4) is 5.75 Å². The van der Waals surface area contributed by atoms with E-state index in [1.165, 1.54) is 18.4 Å². The van der Waals surface area contributed by atoms with Gasteiger partial charge in [-0.1, -0.05) is 11.6 Å². The van der Waals surface area contributed by atoms with Crippen LogP contribution >= 0.6 is 0 Å². The van der Waals surface area contributed by atoms with Gasteiger partial charge in [-0.05, 0) is 55.9 Å². The highest BCUT2D eigenvalue weighted by atomic mass is 32.2. The first-order valence-electron chi connectivity index (χ1n) is 7.58. The van der Waals surface area contributed by atoms with E-state index < -0.39 is 10.0 Å². The molecule has 4 nitrogen and oxygen atoms in total. The summed E-state index contributed by atoms with van der Waals surface area (Å²) in [6.07, 6.45) is 8.57. The highest BCUT2D eigenvalue weighted by Crippen LogP contribution is 2.27. The minimum Gasteiger partial charge on any atom is -0.493 e. The molecule has 0 radical (unpaired) electrons. The average Bonchev–Trinajstić information content (AvgIpc) is 2.95. The van der Waals surface area contributed by atoms with Gasteiger partial charge < -0.3 is 4.74 Å². The van der Waals surface area contributed by atoms with Gasteiger partial charge in [0.25, 0.3) is 0 Å². The molecule has 0 aromatic heterocycles.